The van der Waals surface area contributed by atoms with Crippen LogP contribution in [0.2, 0.25) is 0 Å². The van der Waals surface area contributed by atoms with Crippen molar-refractivity contribution >= 4 is 11.9 Å². The minimum Gasteiger partial charge on any atom is -0.460 e. The second-order valence-electron chi connectivity index (χ2n) is 9.95. The summed E-state index contributed by atoms with van der Waals surface area (Å²) in [6.45, 7) is 15.7. The van der Waals surface area contributed by atoms with Gasteiger partial charge >= 0.3 is 11.9 Å². The van der Waals surface area contributed by atoms with Gasteiger partial charge < -0.3 is 9.47 Å². The monoisotopic (exact) mass is 338 g/mol. The van der Waals surface area contributed by atoms with Crippen molar-refractivity contribution in [3.8, 4) is 0 Å². The molecule has 0 spiro atoms. The maximum absolute atomic E-state index is 13.1. The molecule has 138 valence electrons. The number of rotatable bonds is 3. The fourth-order valence-corrected chi connectivity index (χ4v) is 4.69. The second kappa shape index (κ2) is 6.03. The quantitative estimate of drug-likeness (QED) is 0.718. The van der Waals surface area contributed by atoms with Crippen molar-refractivity contribution in [2.45, 2.75) is 85.9 Å². The topological polar surface area (TPSA) is 52.6 Å². The Morgan fingerprint density at radius 1 is 0.958 bits per heavy atom. The first-order chi connectivity index (χ1) is 10.8. The Morgan fingerprint density at radius 3 is 1.92 bits per heavy atom. The smallest absolute Gasteiger partial charge is 0.313 e. The summed E-state index contributed by atoms with van der Waals surface area (Å²) >= 11 is 0. The maximum Gasteiger partial charge on any atom is 0.313 e. The molecule has 2 bridgehead atoms. The second-order valence-corrected chi connectivity index (χ2v) is 9.95. The van der Waals surface area contributed by atoms with Crippen LogP contribution in [0.5, 0.6) is 0 Å². The summed E-state index contributed by atoms with van der Waals surface area (Å²) in [4.78, 5) is 25.6. The molecular weight excluding hydrogens is 304 g/mol. The van der Waals surface area contributed by atoms with E-state index in [0.717, 1.165) is 12.8 Å². The zero-order valence-corrected chi connectivity index (χ0v) is 16.6. The van der Waals surface area contributed by atoms with E-state index in [1.807, 2.05) is 41.5 Å². The van der Waals surface area contributed by atoms with E-state index in [2.05, 4.69) is 13.8 Å². The molecule has 2 saturated carbocycles. The van der Waals surface area contributed by atoms with Gasteiger partial charge in [-0.25, -0.2) is 0 Å². The Balaban J connectivity index is 2.27. The average Bonchev–Trinajstić information content (AvgIpc) is 2.84. The highest BCUT2D eigenvalue weighted by Crippen LogP contribution is 2.63. The molecule has 0 heterocycles. The third kappa shape index (κ3) is 3.78. The summed E-state index contributed by atoms with van der Waals surface area (Å²) in [5.74, 6) is 1.23. The van der Waals surface area contributed by atoms with Crippen LogP contribution in [0.15, 0.2) is 0 Å². The van der Waals surface area contributed by atoms with Crippen LogP contribution in [0.1, 0.15) is 74.7 Å². The molecule has 2 aliphatic rings. The van der Waals surface area contributed by atoms with E-state index in [1.165, 1.54) is 0 Å². The van der Waals surface area contributed by atoms with Crippen molar-refractivity contribution in [2.75, 3.05) is 0 Å². The van der Waals surface area contributed by atoms with Crippen molar-refractivity contribution < 1.29 is 19.1 Å². The van der Waals surface area contributed by atoms with Crippen molar-refractivity contribution in [3.05, 3.63) is 0 Å². The highest BCUT2D eigenvalue weighted by atomic mass is 16.6. The lowest BCUT2D eigenvalue weighted by Gasteiger charge is -2.42. The van der Waals surface area contributed by atoms with Gasteiger partial charge in [0.15, 0.2) is 0 Å². The third-order valence-corrected chi connectivity index (χ3v) is 5.79. The van der Waals surface area contributed by atoms with E-state index in [9.17, 15) is 9.59 Å². The molecule has 0 N–H and O–H groups in total. The molecule has 0 aliphatic heterocycles. The minimum atomic E-state index is -0.716. The number of esters is 2. The zero-order chi connectivity index (χ0) is 18.5. The average molecular weight is 338 g/mol. The Kier molecular flexibility index (Phi) is 4.84. The van der Waals surface area contributed by atoms with Crippen LogP contribution in [0.25, 0.3) is 0 Å². The summed E-state index contributed by atoms with van der Waals surface area (Å²) in [5, 5.41) is 0. The van der Waals surface area contributed by atoms with Crippen LogP contribution in [-0.4, -0.2) is 23.1 Å². The first-order valence-corrected chi connectivity index (χ1v) is 9.20. The van der Waals surface area contributed by atoms with Crippen LogP contribution in [0.4, 0.5) is 0 Å². The van der Waals surface area contributed by atoms with Crippen molar-refractivity contribution in [2.24, 2.45) is 29.1 Å². The van der Waals surface area contributed by atoms with Crippen LogP contribution in [0, 0.1) is 29.1 Å². The van der Waals surface area contributed by atoms with Gasteiger partial charge in [-0.15, -0.1) is 0 Å². The first-order valence-electron chi connectivity index (χ1n) is 9.20. The van der Waals surface area contributed by atoms with Crippen LogP contribution in [0.3, 0.4) is 0 Å². The molecule has 0 aromatic rings. The number of carbonyl (C=O) groups excluding carboxylic acids is 2. The molecule has 24 heavy (non-hydrogen) atoms. The van der Waals surface area contributed by atoms with Gasteiger partial charge in [-0.3, -0.25) is 9.59 Å². The van der Waals surface area contributed by atoms with Crippen molar-refractivity contribution in [3.63, 3.8) is 0 Å². The fourth-order valence-electron chi connectivity index (χ4n) is 4.69. The number of hydrogen-bond acceptors (Lipinski definition) is 4. The molecule has 0 aromatic heterocycles. The molecule has 5 atom stereocenters. The Labute approximate surface area is 146 Å². The SMILES string of the molecule is CC1C2CC(C1C)C(CC(=O)OC(C)(C)C)(C(=O)OC(C)(C)C)C2. The maximum atomic E-state index is 13.1. The van der Waals surface area contributed by atoms with E-state index in [0.29, 0.717) is 17.8 Å². The molecule has 0 amide bonds. The molecule has 0 radical (unpaired) electrons. The number of ether oxygens (including phenoxy) is 2. The Bertz CT molecular complexity index is 509. The molecule has 2 aliphatic carbocycles. The predicted octanol–water partition coefficient (Wildman–Crippen LogP) is 4.36. The van der Waals surface area contributed by atoms with Crippen molar-refractivity contribution in [1.29, 1.82) is 0 Å². The lowest BCUT2D eigenvalue weighted by atomic mass is 9.64. The molecule has 2 fully saturated rings. The van der Waals surface area contributed by atoms with Gasteiger partial charge in [0.25, 0.3) is 0 Å². The van der Waals surface area contributed by atoms with Gasteiger partial charge in [-0.05, 0) is 78.1 Å². The molecule has 5 unspecified atom stereocenters. The lowest BCUT2D eigenvalue weighted by molar-refractivity contribution is -0.181. The minimum absolute atomic E-state index is 0.136. The van der Waals surface area contributed by atoms with Crippen LogP contribution >= 0.6 is 0 Å². The van der Waals surface area contributed by atoms with E-state index in [4.69, 9.17) is 9.47 Å². The van der Waals surface area contributed by atoms with Gasteiger partial charge in [0.2, 0.25) is 0 Å². The third-order valence-electron chi connectivity index (χ3n) is 5.79. The van der Waals surface area contributed by atoms with Crippen molar-refractivity contribution in [1.82, 2.24) is 0 Å². The van der Waals surface area contributed by atoms with E-state index >= 15 is 0 Å². The van der Waals surface area contributed by atoms with Gasteiger partial charge in [-0.1, -0.05) is 13.8 Å². The van der Waals surface area contributed by atoms with Crippen LogP contribution in [-0.2, 0) is 19.1 Å². The molecule has 4 heteroatoms. The van der Waals surface area contributed by atoms with E-state index < -0.39 is 16.6 Å². The zero-order valence-electron chi connectivity index (χ0n) is 16.6. The number of carbonyl (C=O) groups is 2. The highest BCUT2D eigenvalue weighted by molar-refractivity contribution is 5.85. The van der Waals surface area contributed by atoms with Crippen LogP contribution < -0.4 is 0 Å². The lowest BCUT2D eigenvalue weighted by Crippen LogP contribution is -2.47. The van der Waals surface area contributed by atoms with E-state index in [1.54, 1.807) is 0 Å². The number of hydrogen-bond donors (Lipinski definition) is 0. The standard InChI is InChI=1S/C20H34O4/c1-12-13(2)15-9-14(12)10-20(15,17(22)24-19(6,7)8)11-16(21)23-18(3,4)5/h12-15H,9-11H2,1-8H3. The van der Waals surface area contributed by atoms with Gasteiger partial charge in [0.1, 0.15) is 11.2 Å². The molecular formula is C20H34O4. The van der Waals surface area contributed by atoms with E-state index in [-0.39, 0.29) is 24.3 Å². The summed E-state index contributed by atoms with van der Waals surface area (Å²) in [7, 11) is 0. The Hall–Kier alpha value is -1.06. The summed E-state index contributed by atoms with van der Waals surface area (Å²) in [6, 6.07) is 0. The molecule has 0 saturated heterocycles. The summed E-state index contributed by atoms with van der Waals surface area (Å²) in [6.07, 6.45) is 1.90. The Morgan fingerprint density at radius 2 is 1.50 bits per heavy atom. The predicted molar refractivity (Wildman–Crippen MR) is 93.3 cm³/mol. The normalized spacial score (nSPS) is 35.8. The first kappa shape index (κ1) is 19.3. The molecule has 4 nitrogen and oxygen atoms in total. The number of fused-ring (bicyclic) bond motifs is 2. The highest BCUT2D eigenvalue weighted by Gasteiger charge is 2.63. The fraction of sp³-hybridized carbons (Fsp3) is 0.900. The molecule has 2 rings (SSSR count). The summed E-state index contributed by atoms with van der Waals surface area (Å²) in [5.41, 5.74) is -1.80. The largest absolute Gasteiger partial charge is 0.460 e. The van der Waals surface area contributed by atoms with Gasteiger partial charge in [0.05, 0.1) is 11.8 Å². The molecule has 0 aromatic carbocycles. The summed E-state index contributed by atoms with van der Waals surface area (Å²) < 4.78 is 11.3. The van der Waals surface area contributed by atoms with Gasteiger partial charge in [0, 0.05) is 0 Å². The van der Waals surface area contributed by atoms with Gasteiger partial charge in [-0.2, -0.15) is 0 Å².